The lowest BCUT2D eigenvalue weighted by molar-refractivity contribution is 0.668. The van der Waals surface area contributed by atoms with Gasteiger partial charge in [-0.1, -0.05) is 90.9 Å². The average molecular weight is 571 g/mol. The van der Waals surface area contributed by atoms with Crippen molar-refractivity contribution in [3.05, 3.63) is 139 Å². The maximum absolute atomic E-state index is 8.41. The molecule has 206 valence electrons. The minimum atomic E-state index is -0.428. The molecular formula is C39H23N3O2. The van der Waals surface area contributed by atoms with Crippen LogP contribution in [0.4, 0.5) is 0 Å². The van der Waals surface area contributed by atoms with Crippen LogP contribution in [0.15, 0.2) is 148 Å². The topological polar surface area (TPSA) is 65.0 Å². The van der Waals surface area contributed by atoms with E-state index in [1.54, 1.807) is 12.1 Å². The standard InChI is InChI=1S/C39H23N3O2/c1-3-9-24(10-4-1)26-15-18-31-32-21-27(17-20-34(32)44-35(31)22-26)38-40-37(25-11-5-2-6-12-25)41-39(42-38)28-16-19-30-29-13-7-8-14-33(29)43-36(30)23-28/h1-23H/i1D,3D,4D,9D,10D. The number of rotatable bonds is 4. The van der Waals surface area contributed by atoms with E-state index >= 15 is 0 Å². The lowest BCUT2D eigenvalue weighted by Gasteiger charge is -2.08. The molecule has 0 aliphatic rings. The summed E-state index contributed by atoms with van der Waals surface area (Å²) in [6.07, 6.45) is 0. The van der Waals surface area contributed by atoms with Gasteiger partial charge in [0.2, 0.25) is 0 Å². The maximum Gasteiger partial charge on any atom is 0.164 e. The molecule has 0 atom stereocenters. The molecule has 0 unspecified atom stereocenters. The summed E-state index contributed by atoms with van der Waals surface area (Å²) in [6.45, 7) is 0. The van der Waals surface area contributed by atoms with Crippen LogP contribution in [0.25, 0.3) is 89.2 Å². The third kappa shape index (κ3) is 4.06. The zero-order valence-corrected chi connectivity index (χ0v) is 23.1. The number of nitrogens with zero attached hydrogens (tertiary/aromatic N) is 3. The molecule has 0 radical (unpaired) electrons. The predicted octanol–water partition coefficient (Wildman–Crippen LogP) is 10.3. The fraction of sp³-hybridized carbons (Fsp3) is 0. The molecule has 44 heavy (non-hydrogen) atoms. The normalized spacial score (nSPS) is 13.2. The SMILES string of the molecule is [2H]c1c([2H])c([2H])c(-c2ccc3c(c2)oc2ccc(-c4nc(-c5ccccc5)nc(-c5ccc6c(c5)oc5ccccc56)n4)cc23)c([2H])c1[2H]. The summed E-state index contributed by atoms with van der Waals surface area (Å²) >= 11 is 0. The van der Waals surface area contributed by atoms with E-state index in [-0.39, 0.29) is 29.7 Å². The number of fused-ring (bicyclic) bond motifs is 6. The summed E-state index contributed by atoms with van der Waals surface area (Å²) in [5, 5.41) is 3.70. The van der Waals surface area contributed by atoms with Gasteiger partial charge in [0.1, 0.15) is 22.3 Å². The van der Waals surface area contributed by atoms with E-state index in [9.17, 15) is 0 Å². The molecule has 3 heterocycles. The highest BCUT2D eigenvalue weighted by Crippen LogP contribution is 2.36. The van der Waals surface area contributed by atoms with Gasteiger partial charge < -0.3 is 8.83 Å². The molecule has 0 aliphatic carbocycles. The van der Waals surface area contributed by atoms with Crippen molar-refractivity contribution in [3.8, 4) is 45.3 Å². The first-order chi connectivity index (χ1) is 23.8. The van der Waals surface area contributed by atoms with Crippen molar-refractivity contribution in [3.63, 3.8) is 0 Å². The summed E-state index contributed by atoms with van der Waals surface area (Å²) in [7, 11) is 0. The Morgan fingerprint density at radius 3 is 1.70 bits per heavy atom. The van der Waals surface area contributed by atoms with Gasteiger partial charge in [-0.15, -0.1) is 0 Å². The van der Waals surface area contributed by atoms with Crippen LogP contribution >= 0.6 is 0 Å². The van der Waals surface area contributed by atoms with E-state index in [0.717, 1.165) is 49.4 Å². The number of para-hydroxylation sites is 1. The summed E-state index contributed by atoms with van der Waals surface area (Å²) in [4.78, 5) is 14.7. The third-order valence-electron chi connectivity index (χ3n) is 7.82. The van der Waals surface area contributed by atoms with E-state index < -0.39 is 6.04 Å². The lowest BCUT2D eigenvalue weighted by atomic mass is 10.0. The van der Waals surface area contributed by atoms with Crippen molar-refractivity contribution in [1.29, 1.82) is 0 Å². The number of aromatic nitrogens is 3. The van der Waals surface area contributed by atoms with Crippen LogP contribution in [0.1, 0.15) is 6.85 Å². The van der Waals surface area contributed by atoms with Crippen LogP contribution in [-0.2, 0) is 0 Å². The molecule has 5 heteroatoms. The Kier molecular flexibility index (Phi) is 4.42. The number of furan rings is 2. The Bertz CT molecular complexity index is 2760. The van der Waals surface area contributed by atoms with E-state index in [1.807, 2.05) is 97.1 Å². The zero-order valence-electron chi connectivity index (χ0n) is 28.1. The molecular weight excluding hydrogens is 542 g/mol. The molecule has 0 aliphatic heterocycles. The van der Waals surface area contributed by atoms with Crippen molar-refractivity contribution in [2.75, 3.05) is 0 Å². The fourth-order valence-electron chi connectivity index (χ4n) is 5.68. The van der Waals surface area contributed by atoms with E-state index in [1.165, 1.54) is 0 Å². The molecule has 0 N–H and O–H groups in total. The summed E-state index contributed by atoms with van der Waals surface area (Å²) in [5.74, 6) is 1.53. The first-order valence-electron chi connectivity index (χ1n) is 16.6. The van der Waals surface area contributed by atoms with Crippen molar-refractivity contribution >= 4 is 43.9 Å². The summed E-state index contributed by atoms with van der Waals surface area (Å²) < 4.78 is 53.3. The Balaban J connectivity index is 1.18. The van der Waals surface area contributed by atoms with E-state index in [4.69, 9.17) is 30.6 Å². The van der Waals surface area contributed by atoms with Crippen LogP contribution < -0.4 is 0 Å². The number of benzene rings is 6. The van der Waals surface area contributed by atoms with Crippen LogP contribution in [0.2, 0.25) is 0 Å². The fourth-order valence-corrected chi connectivity index (χ4v) is 5.68. The van der Waals surface area contributed by atoms with Crippen LogP contribution in [0, 0.1) is 0 Å². The summed E-state index contributed by atoms with van der Waals surface area (Å²) in [5.41, 5.74) is 5.72. The molecule has 0 saturated heterocycles. The molecule has 9 rings (SSSR count). The maximum atomic E-state index is 8.41. The molecule has 0 amide bonds. The second-order valence-electron chi connectivity index (χ2n) is 10.5. The highest BCUT2D eigenvalue weighted by atomic mass is 16.3. The van der Waals surface area contributed by atoms with Gasteiger partial charge in [-0.3, -0.25) is 0 Å². The molecule has 6 aromatic carbocycles. The largest absolute Gasteiger partial charge is 0.456 e. The Morgan fingerprint density at radius 1 is 0.386 bits per heavy atom. The first-order valence-corrected chi connectivity index (χ1v) is 14.1. The molecule has 0 bridgehead atoms. The van der Waals surface area contributed by atoms with Crippen molar-refractivity contribution in [2.24, 2.45) is 0 Å². The average Bonchev–Trinajstić information content (AvgIpc) is 3.70. The molecule has 5 nitrogen and oxygen atoms in total. The van der Waals surface area contributed by atoms with Crippen molar-refractivity contribution in [2.45, 2.75) is 0 Å². The predicted molar refractivity (Wildman–Crippen MR) is 176 cm³/mol. The van der Waals surface area contributed by atoms with Crippen LogP contribution in [0.5, 0.6) is 0 Å². The lowest BCUT2D eigenvalue weighted by Crippen LogP contribution is -2.00. The van der Waals surface area contributed by atoms with Crippen molar-refractivity contribution < 1.29 is 15.7 Å². The molecule has 0 spiro atoms. The van der Waals surface area contributed by atoms with Gasteiger partial charge in [-0.2, -0.15) is 0 Å². The Labute approximate surface area is 259 Å². The molecule has 0 saturated carbocycles. The van der Waals surface area contributed by atoms with Crippen LogP contribution in [-0.4, -0.2) is 15.0 Å². The smallest absolute Gasteiger partial charge is 0.164 e. The van der Waals surface area contributed by atoms with Crippen LogP contribution in [0.3, 0.4) is 0 Å². The van der Waals surface area contributed by atoms with Gasteiger partial charge in [-0.25, -0.2) is 15.0 Å². The van der Waals surface area contributed by atoms with Gasteiger partial charge >= 0.3 is 0 Å². The first kappa shape index (κ1) is 19.9. The highest BCUT2D eigenvalue weighted by molar-refractivity contribution is 6.07. The van der Waals surface area contributed by atoms with Gasteiger partial charge in [0, 0.05) is 38.2 Å². The number of hydrogen-bond acceptors (Lipinski definition) is 5. The molecule has 3 aromatic heterocycles. The van der Waals surface area contributed by atoms with Gasteiger partial charge in [-0.05, 0) is 59.7 Å². The second kappa shape index (κ2) is 9.75. The minimum absolute atomic E-state index is 0.126. The molecule has 9 aromatic rings. The number of hydrogen-bond donors (Lipinski definition) is 0. The van der Waals surface area contributed by atoms with E-state index in [0.29, 0.717) is 34.2 Å². The second-order valence-corrected chi connectivity index (χ2v) is 10.5. The monoisotopic (exact) mass is 570 g/mol. The summed E-state index contributed by atoms with van der Waals surface area (Å²) in [6, 6.07) is 33.0. The van der Waals surface area contributed by atoms with Crippen molar-refractivity contribution in [1.82, 2.24) is 15.0 Å². The van der Waals surface area contributed by atoms with E-state index in [2.05, 4.69) is 0 Å². The molecule has 0 fully saturated rings. The van der Waals surface area contributed by atoms with Gasteiger partial charge in [0.05, 0.1) is 6.85 Å². The highest BCUT2D eigenvalue weighted by Gasteiger charge is 2.16. The Hall–Kier alpha value is -6.07. The quantitative estimate of drug-likeness (QED) is 0.211. The third-order valence-corrected chi connectivity index (χ3v) is 7.82. The van der Waals surface area contributed by atoms with Gasteiger partial charge in [0.15, 0.2) is 17.5 Å². The van der Waals surface area contributed by atoms with Gasteiger partial charge in [0.25, 0.3) is 0 Å². The zero-order chi connectivity index (χ0) is 33.4. The minimum Gasteiger partial charge on any atom is -0.456 e. The Morgan fingerprint density at radius 2 is 0.932 bits per heavy atom.